The van der Waals surface area contributed by atoms with Gasteiger partial charge in [-0.1, -0.05) is 13.8 Å². The molecular formula is C13H13NO3. The zero-order valence-corrected chi connectivity index (χ0v) is 9.77. The summed E-state index contributed by atoms with van der Waals surface area (Å²) in [6, 6.07) is 3.14. The number of rotatable bonds is 3. The van der Waals surface area contributed by atoms with Gasteiger partial charge in [0.2, 0.25) is 0 Å². The summed E-state index contributed by atoms with van der Waals surface area (Å²) < 4.78 is 0. The number of hydrogen-bond acceptors (Lipinski definition) is 4. The van der Waals surface area contributed by atoms with Gasteiger partial charge < -0.3 is 0 Å². The normalized spacial score (nSPS) is 18.6. The molecular weight excluding hydrogens is 218 g/mol. The highest BCUT2D eigenvalue weighted by molar-refractivity contribution is 6.34. The summed E-state index contributed by atoms with van der Waals surface area (Å²) in [4.78, 5) is 39.6. The second-order valence-corrected chi connectivity index (χ2v) is 4.63. The maximum Gasteiger partial charge on any atom is 0.200 e. The third-order valence-corrected chi connectivity index (χ3v) is 2.76. The maximum atomic E-state index is 11.9. The summed E-state index contributed by atoms with van der Waals surface area (Å²) in [6.45, 7) is 3.76. The van der Waals surface area contributed by atoms with E-state index in [9.17, 15) is 14.4 Å². The fraction of sp³-hybridized carbons (Fsp3) is 0.385. The lowest BCUT2D eigenvalue weighted by atomic mass is 9.93. The van der Waals surface area contributed by atoms with Crippen LogP contribution in [0, 0.1) is 11.8 Å². The summed E-state index contributed by atoms with van der Waals surface area (Å²) in [5, 5.41) is 0. The first-order chi connectivity index (χ1) is 8.02. The van der Waals surface area contributed by atoms with Gasteiger partial charge in [-0.15, -0.1) is 0 Å². The number of nitrogens with zero attached hydrogens (tertiary/aromatic N) is 1. The Balaban J connectivity index is 2.33. The average molecular weight is 231 g/mol. The number of carbonyl (C=O) groups is 3. The maximum absolute atomic E-state index is 11.9. The molecule has 1 atom stereocenters. The Bertz CT molecular complexity index is 470. The van der Waals surface area contributed by atoms with E-state index >= 15 is 0 Å². The highest BCUT2D eigenvalue weighted by Crippen LogP contribution is 2.27. The minimum absolute atomic E-state index is 0.139. The third-order valence-electron chi connectivity index (χ3n) is 2.76. The second kappa shape index (κ2) is 4.20. The van der Waals surface area contributed by atoms with Gasteiger partial charge in [-0.2, -0.15) is 0 Å². The van der Waals surface area contributed by atoms with Gasteiger partial charge in [0.15, 0.2) is 17.3 Å². The SMILES string of the molecule is CC(C)CC(=O)C1C(=O)c2cccnc2C1=O. The summed E-state index contributed by atoms with van der Waals surface area (Å²) in [5.74, 6) is -2.16. The summed E-state index contributed by atoms with van der Waals surface area (Å²) in [6.07, 6.45) is 1.70. The molecule has 1 aromatic heterocycles. The van der Waals surface area contributed by atoms with Crippen molar-refractivity contribution in [2.75, 3.05) is 0 Å². The Morgan fingerprint density at radius 2 is 2.06 bits per heavy atom. The van der Waals surface area contributed by atoms with Crippen LogP contribution in [-0.4, -0.2) is 22.3 Å². The van der Waals surface area contributed by atoms with Gasteiger partial charge in [-0.3, -0.25) is 19.4 Å². The third kappa shape index (κ3) is 1.90. The number of aromatic nitrogens is 1. The van der Waals surface area contributed by atoms with Gasteiger partial charge in [0, 0.05) is 18.2 Å². The average Bonchev–Trinajstić information content (AvgIpc) is 2.51. The predicted molar refractivity (Wildman–Crippen MR) is 60.9 cm³/mol. The standard InChI is InChI=1S/C13H13NO3/c1-7(2)6-9(15)10-12(16)8-4-3-5-14-11(8)13(10)17/h3-5,7,10H,6H2,1-2H3. The van der Waals surface area contributed by atoms with E-state index in [2.05, 4.69) is 4.98 Å². The molecule has 1 aromatic rings. The van der Waals surface area contributed by atoms with E-state index in [0.717, 1.165) is 0 Å². The highest BCUT2D eigenvalue weighted by Gasteiger charge is 2.43. The molecule has 88 valence electrons. The molecule has 0 aromatic carbocycles. The van der Waals surface area contributed by atoms with Crippen LogP contribution in [0.5, 0.6) is 0 Å². The van der Waals surface area contributed by atoms with Gasteiger partial charge in [0.25, 0.3) is 0 Å². The van der Waals surface area contributed by atoms with Crippen molar-refractivity contribution in [3.05, 3.63) is 29.6 Å². The number of hydrogen-bond donors (Lipinski definition) is 0. The lowest BCUT2D eigenvalue weighted by molar-refractivity contribution is -0.120. The predicted octanol–water partition coefficient (Wildman–Crippen LogP) is 1.69. The van der Waals surface area contributed by atoms with Crippen LogP contribution in [0.25, 0.3) is 0 Å². The molecule has 4 nitrogen and oxygen atoms in total. The molecule has 2 rings (SSSR count). The van der Waals surface area contributed by atoms with Crippen LogP contribution in [0.2, 0.25) is 0 Å². The van der Waals surface area contributed by atoms with Gasteiger partial charge >= 0.3 is 0 Å². The van der Waals surface area contributed by atoms with E-state index in [-0.39, 0.29) is 29.4 Å². The van der Waals surface area contributed by atoms with Crippen LogP contribution in [0.3, 0.4) is 0 Å². The minimum atomic E-state index is -1.15. The van der Waals surface area contributed by atoms with Crippen LogP contribution >= 0.6 is 0 Å². The number of fused-ring (bicyclic) bond motifs is 1. The summed E-state index contributed by atoms with van der Waals surface area (Å²) >= 11 is 0. The summed E-state index contributed by atoms with van der Waals surface area (Å²) in [7, 11) is 0. The van der Waals surface area contributed by atoms with Crippen molar-refractivity contribution in [3.63, 3.8) is 0 Å². The Kier molecular flexibility index (Phi) is 2.88. The van der Waals surface area contributed by atoms with E-state index in [1.807, 2.05) is 13.8 Å². The van der Waals surface area contributed by atoms with Crippen molar-refractivity contribution in [2.24, 2.45) is 11.8 Å². The molecule has 1 heterocycles. The first-order valence-corrected chi connectivity index (χ1v) is 5.58. The van der Waals surface area contributed by atoms with E-state index in [0.29, 0.717) is 0 Å². The molecule has 0 saturated carbocycles. The van der Waals surface area contributed by atoms with E-state index < -0.39 is 17.5 Å². The molecule has 1 unspecified atom stereocenters. The van der Waals surface area contributed by atoms with E-state index in [1.54, 1.807) is 12.1 Å². The van der Waals surface area contributed by atoms with Crippen molar-refractivity contribution in [1.82, 2.24) is 4.98 Å². The molecule has 0 fully saturated rings. The van der Waals surface area contributed by atoms with Crippen molar-refractivity contribution in [2.45, 2.75) is 20.3 Å². The quantitative estimate of drug-likeness (QED) is 0.742. The summed E-state index contributed by atoms with van der Waals surface area (Å²) in [5.41, 5.74) is 0.416. The smallest absolute Gasteiger partial charge is 0.200 e. The molecule has 1 aliphatic carbocycles. The van der Waals surface area contributed by atoms with Crippen molar-refractivity contribution < 1.29 is 14.4 Å². The van der Waals surface area contributed by atoms with Crippen LogP contribution in [0.1, 0.15) is 41.1 Å². The van der Waals surface area contributed by atoms with Crippen molar-refractivity contribution in [3.8, 4) is 0 Å². The first-order valence-electron chi connectivity index (χ1n) is 5.58. The van der Waals surface area contributed by atoms with Crippen LogP contribution < -0.4 is 0 Å². The molecule has 0 N–H and O–H groups in total. The highest BCUT2D eigenvalue weighted by atomic mass is 16.2. The number of ketones is 3. The molecule has 0 bridgehead atoms. The van der Waals surface area contributed by atoms with Gasteiger partial charge in [0.05, 0.1) is 0 Å². The van der Waals surface area contributed by atoms with E-state index in [4.69, 9.17) is 0 Å². The Hall–Kier alpha value is -1.84. The molecule has 0 saturated heterocycles. The fourth-order valence-corrected chi connectivity index (χ4v) is 2.02. The Morgan fingerprint density at radius 1 is 1.35 bits per heavy atom. The number of Topliss-reactive ketones (excluding diaryl/α,β-unsaturated/α-hetero) is 3. The van der Waals surface area contributed by atoms with Crippen molar-refractivity contribution in [1.29, 1.82) is 0 Å². The van der Waals surface area contributed by atoms with E-state index in [1.165, 1.54) is 6.20 Å². The topological polar surface area (TPSA) is 64.1 Å². The van der Waals surface area contributed by atoms with Crippen LogP contribution in [0.15, 0.2) is 18.3 Å². The fourth-order valence-electron chi connectivity index (χ4n) is 2.02. The largest absolute Gasteiger partial charge is 0.298 e. The molecule has 1 aliphatic rings. The number of carbonyl (C=O) groups excluding carboxylic acids is 3. The molecule has 4 heteroatoms. The molecule has 0 radical (unpaired) electrons. The van der Waals surface area contributed by atoms with Gasteiger partial charge in [-0.05, 0) is 18.1 Å². The van der Waals surface area contributed by atoms with Crippen LogP contribution in [-0.2, 0) is 4.79 Å². The lowest BCUT2D eigenvalue weighted by Gasteiger charge is -2.07. The second-order valence-electron chi connectivity index (χ2n) is 4.63. The van der Waals surface area contributed by atoms with Crippen LogP contribution in [0.4, 0.5) is 0 Å². The van der Waals surface area contributed by atoms with Gasteiger partial charge in [-0.25, -0.2) is 0 Å². The molecule has 0 aliphatic heterocycles. The zero-order chi connectivity index (χ0) is 12.6. The minimum Gasteiger partial charge on any atom is -0.298 e. The lowest BCUT2D eigenvalue weighted by Crippen LogP contribution is -2.26. The Labute approximate surface area is 99.0 Å². The monoisotopic (exact) mass is 231 g/mol. The molecule has 0 spiro atoms. The van der Waals surface area contributed by atoms with Gasteiger partial charge in [0.1, 0.15) is 11.6 Å². The molecule has 0 amide bonds. The Morgan fingerprint density at radius 3 is 2.65 bits per heavy atom. The van der Waals surface area contributed by atoms with Crippen molar-refractivity contribution >= 4 is 17.3 Å². The number of pyridine rings is 1. The first kappa shape index (κ1) is 11.6. The zero-order valence-electron chi connectivity index (χ0n) is 9.77. The molecule has 17 heavy (non-hydrogen) atoms.